The van der Waals surface area contributed by atoms with Gasteiger partial charge in [-0.05, 0) is 18.9 Å². The molecule has 9 heavy (non-hydrogen) atoms. The molecule has 2 N–H and O–H groups in total. The Labute approximate surface area is 60.8 Å². The number of halogens is 1. The molecule has 1 heterocycles. The molecule has 2 atom stereocenters. The Balaban J connectivity index is 2.22. The zero-order valence-electron chi connectivity index (χ0n) is 5.39. The van der Waals surface area contributed by atoms with Gasteiger partial charge in [0.15, 0.2) is 0 Å². The zero-order valence-corrected chi connectivity index (χ0v) is 6.14. The summed E-state index contributed by atoms with van der Waals surface area (Å²) in [4.78, 5) is 0. The fourth-order valence-electron chi connectivity index (χ4n) is 1.11. The number of rotatable bonds is 2. The van der Waals surface area contributed by atoms with Crippen molar-refractivity contribution in [2.24, 2.45) is 11.7 Å². The minimum atomic E-state index is 0.258. The number of hydrogen-bond acceptors (Lipinski definition) is 1. The van der Waals surface area contributed by atoms with E-state index >= 15 is 0 Å². The molecule has 2 nitrogen and oxygen atoms in total. The van der Waals surface area contributed by atoms with Gasteiger partial charge in [-0.3, -0.25) is 0 Å². The molecule has 0 aliphatic carbocycles. The average molecular weight is 148 g/mol. The van der Waals surface area contributed by atoms with Crippen molar-refractivity contribution in [1.29, 1.82) is 0 Å². The first-order chi connectivity index (χ1) is 4.34. The number of hydrogen-bond donors (Lipinski definition) is 1. The van der Waals surface area contributed by atoms with Gasteiger partial charge < -0.3 is 5.73 Å². The van der Waals surface area contributed by atoms with Crippen LogP contribution in [0.25, 0.3) is 0 Å². The highest BCUT2D eigenvalue weighted by Crippen LogP contribution is 2.18. The molecule has 0 bridgehead atoms. The number of alkyl halides is 1. The Morgan fingerprint density at radius 1 is 1.56 bits per heavy atom. The van der Waals surface area contributed by atoms with Gasteiger partial charge in [0.25, 0.3) is 0 Å². The fraction of sp³-hybridized carbons (Fsp3) is 1.00. The van der Waals surface area contributed by atoms with E-state index in [4.69, 9.17) is 17.3 Å². The lowest BCUT2D eigenvalue weighted by Gasteiger charge is -2.08. The Morgan fingerprint density at radius 2 is 2.33 bits per heavy atom. The first-order valence-corrected chi connectivity index (χ1v) is 3.75. The van der Waals surface area contributed by atoms with Crippen molar-refractivity contribution in [2.75, 3.05) is 19.6 Å². The van der Waals surface area contributed by atoms with E-state index in [1.165, 1.54) is 0 Å². The summed E-state index contributed by atoms with van der Waals surface area (Å²) in [6.45, 7) is 2.49. The summed E-state index contributed by atoms with van der Waals surface area (Å²) in [6.07, 6.45) is 1.03. The quantitative estimate of drug-likeness (QED) is 0.556. The van der Waals surface area contributed by atoms with Crippen molar-refractivity contribution in [3.05, 3.63) is 0 Å². The lowest BCUT2D eigenvalue weighted by molar-refractivity contribution is 0.545. The molecule has 2 unspecified atom stereocenters. The topological polar surface area (TPSA) is 40.1 Å². The molecule has 0 spiro atoms. The molecule has 0 amide bonds. The van der Waals surface area contributed by atoms with Gasteiger partial charge in [0.05, 0.1) is 5.38 Å². The van der Waals surface area contributed by atoms with Gasteiger partial charge in [0.1, 0.15) is 0 Å². The maximum absolute atomic E-state index is 5.91. The second kappa shape index (κ2) is 3.40. The Kier molecular flexibility index (Phi) is 2.76. The van der Waals surface area contributed by atoms with Crippen LogP contribution in [0, 0.1) is 5.92 Å². The van der Waals surface area contributed by atoms with Gasteiger partial charge in [-0.15, -0.1) is 11.6 Å². The lowest BCUT2D eigenvalue weighted by Crippen LogP contribution is -2.16. The maximum Gasteiger partial charge on any atom is 0.0518 e. The third-order valence-corrected chi connectivity index (χ3v) is 2.21. The van der Waals surface area contributed by atoms with Crippen LogP contribution in [0.15, 0.2) is 0 Å². The summed E-state index contributed by atoms with van der Waals surface area (Å²) in [7, 11) is 0. The number of nitrogens with two attached hydrogens (primary N) is 1. The molecule has 1 aliphatic rings. The van der Waals surface area contributed by atoms with E-state index in [1.807, 2.05) is 0 Å². The largest absolute Gasteiger partial charge is 0.330 e. The molecule has 1 radical (unpaired) electrons. The van der Waals surface area contributed by atoms with E-state index in [2.05, 4.69) is 5.32 Å². The molecule has 1 saturated heterocycles. The molecular weight excluding hydrogens is 136 g/mol. The average Bonchev–Trinajstić information content (AvgIpc) is 2.18. The van der Waals surface area contributed by atoms with Crippen molar-refractivity contribution in [1.82, 2.24) is 5.32 Å². The van der Waals surface area contributed by atoms with Crippen LogP contribution in [0.2, 0.25) is 0 Å². The van der Waals surface area contributed by atoms with Crippen LogP contribution in [-0.2, 0) is 0 Å². The predicted octanol–water partition coefficient (Wildman–Crippen LogP) is 0.177. The smallest absolute Gasteiger partial charge is 0.0518 e. The SMILES string of the molecule is NCCC1C[N]CC1Cl. The van der Waals surface area contributed by atoms with E-state index in [-0.39, 0.29) is 5.38 Å². The summed E-state index contributed by atoms with van der Waals surface area (Å²) in [5.41, 5.74) is 5.37. The molecule has 0 saturated carbocycles. The van der Waals surface area contributed by atoms with Crippen LogP contribution in [0.5, 0.6) is 0 Å². The van der Waals surface area contributed by atoms with Crippen molar-refractivity contribution in [2.45, 2.75) is 11.8 Å². The summed E-state index contributed by atoms with van der Waals surface area (Å²) in [5, 5.41) is 4.43. The van der Waals surface area contributed by atoms with Crippen LogP contribution >= 0.6 is 11.6 Å². The van der Waals surface area contributed by atoms with Crippen molar-refractivity contribution in [3.8, 4) is 0 Å². The second-order valence-electron chi connectivity index (χ2n) is 2.44. The number of nitrogens with zero attached hydrogens (tertiary/aromatic N) is 1. The maximum atomic E-state index is 5.91. The van der Waals surface area contributed by atoms with Crippen LogP contribution < -0.4 is 11.1 Å². The van der Waals surface area contributed by atoms with E-state index in [9.17, 15) is 0 Å². The van der Waals surface area contributed by atoms with Crippen molar-refractivity contribution >= 4 is 11.6 Å². The molecule has 0 aromatic carbocycles. The van der Waals surface area contributed by atoms with E-state index in [1.54, 1.807) is 0 Å². The molecule has 3 heteroatoms. The molecule has 0 aromatic heterocycles. The first kappa shape index (κ1) is 7.32. The monoisotopic (exact) mass is 147 g/mol. The van der Waals surface area contributed by atoms with Crippen molar-refractivity contribution < 1.29 is 0 Å². The molecule has 53 valence electrons. The van der Waals surface area contributed by atoms with Gasteiger partial charge in [-0.1, -0.05) is 0 Å². The minimum absolute atomic E-state index is 0.258. The Bertz CT molecular complexity index is 87.1. The lowest BCUT2D eigenvalue weighted by atomic mass is 10.1. The van der Waals surface area contributed by atoms with Crippen LogP contribution in [-0.4, -0.2) is 25.0 Å². The molecule has 0 aromatic rings. The van der Waals surface area contributed by atoms with Gasteiger partial charge in [0.2, 0.25) is 0 Å². The summed E-state index contributed by atoms with van der Waals surface area (Å²) in [6, 6.07) is 0. The highest BCUT2D eigenvalue weighted by Gasteiger charge is 2.24. The first-order valence-electron chi connectivity index (χ1n) is 3.32. The molecule has 1 rings (SSSR count). The van der Waals surface area contributed by atoms with Gasteiger partial charge in [-0.25, -0.2) is 5.32 Å². The Hall–Kier alpha value is 0.210. The van der Waals surface area contributed by atoms with Gasteiger partial charge >= 0.3 is 0 Å². The van der Waals surface area contributed by atoms with E-state index in [0.29, 0.717) is 5.92 Å². The molecule has 1 aliphatic heterocycles. The third-order valence-electron chi connectivity index (χ3n) is 1.72. The van der Waals surface area contributed by atoms with E-state index < -0.39 is 0 Å². The van der Waals surface area contributed by atoms with Crippen LogP contribution in [0.4, 0.5) is 0 Å². The summed E-state index contributed by atoms with van der Waals surface area (Å²) >= 11 is 5.91. The summed E-state index contributed by atoms with van der Waals surface area (Å²) < 4.78 is 0. The highest BCUT2D eigenvalue weighted by molar-refractivity contribution is 6.21. The zero-order chi connectivity index (χ0) is 6.69. The standard InChI is InChI=1S/C6H12ClN2/c7-6-4-9-3-5(6)1-2-8/h5-6H,1-4,8H2. The fourth-order valence-corrected chi connectivity index (χ4v) is 1.42. The minimum Gasteiger partial charge on any atom is -0.330 e. The molecule has 1 fully saturated rings. The van der Waals surface area contributed by atoms with Gasteiger partial charge in [0, 0.05) is 13.1 Å². The van der Waals surface area contributed by atoms with Gasteiger partial charge in [-0.2, -0.15) is 0 Å². The third kappa shape index (κ3) is 1.81. The van der Waals surface area contributed by atoms with Crippen LogP contribution in [0.3, 0.4) is 0 Å². The highest BCUT2D eigenvalue weighted by atomic mass is 35.5. The van der Waals surface area contributed by atoms with Crippen molar-refractivity contribution in [3.63, 3.8) is 0 Å². The predicted molar refractivity (Wildman–Crippen MR) is 38.7 cm³/mol. The van der Waals surface area contributed by atoms with Crippen LogP contribution in [0.1, 0.15) is 6.42 Å². The normalized spacial score (nSPS) is 35.3. The van der Waals surface area contributed by atoms with E-state index in [0.717, 1.165) is 26.1 Å². The summed E-state index contributed by atoms with van der Waals surface area (Å²) in [5.74, 6) is 0.552. The Morgan fingerprint density at radius 3 is 2.78 bits per heavy atom. The molecular formula is C6H12ClN2. The second-order valence-corrected chi connectivity index (χ2v) is 3.00.